The fourth-order valence-corrected chi connectivity index (χ4v) is 3.50. The largest absolute Gasteiger partial charge is 0.325 e. The summed E-state index contributed by atoms with van der Waals surface area (Å²) in [7, 11) is 0. The van der Waals surface area contributed by atoms with Gasteiger partial charge in [0, 0.05) is 17.2 Å². The van der Waals surface area contributed by atoms with E-state index in [-0.39, 0.29) is 11.9 Å². The highest BCUT2D eigenvalue weighted by Crippen LogP contribution is 2.30. The standard InChI is InChI=1S/C15H20N2O2S/c1-3-15(4-2)13(18)16-14(19)17(15)10-11-20-12-8-6-5-7-9-12/h5-9H,3-4,10-11H2,1-2H3,(H,16,18,19). The van der Waals surface area contributed by atoms with Crippen molar-refractivity contribution in [3.63, 3.8) is 0 Å². The molecule has 0 atom stereocenters. The van der Waals surface area contributed by atoms with Gasteiger partial charge in [0.1, 0.15) is 5.54 Å². The van der Waals surface area contributed by atoms with Crippen molar-refractivity contribution in [1.82, 2.24) is 10.2 Å². The maximum atomic E-state index is 12.0. The Kier molecular flexibility index (Phi) is 4.70. The monoisotopic (exact) mass is 292 g/mol. The number of nitrogens with zero attached hydrogens (tertiary/aromatic N) is 1. The molecule has 1 fully saturated rings. The van der Waals surface area contributed by atoms with Crippen LogP contribution in [-0.4, -0.2) is 34.7 Å². The van der Waals surface area contributed by atoms with Gasteiger partial charge in [0.15, 0.2) is 0 Å². The number of amides is 3. The number of imide groups is 1. The molecule has 108 valence electrons. The zero-order chi connectivity index (χ0) is 14.6. The van der Waals surface area contributed by atoms with E-state index in [2.05, 4.69) is 5.32 Å². The Balaban J connectivity index is 2.00. The van der Waals surface area contributed by atoms with Gasteiger partial charge >= 0.3 is 6.03 Å². The molecule has 20 heavy (non-hydrogen) atoms. The van der Waals surface area contributed by atoms with Crippen LogP contribution < -0.4 is 5.32 Å². The molecule has 3 amide bonds. The molecule has 0 radical (unpaired) electrons. The Labute approximate surface area is 123 Å². The van der Waals surface area contributed by atoms with Crippen molar-refractivity contribution in [2.75, 3.05) is 12.3 Å². The van der Waals surface area contributed by atoms with Gasteiger partial charge in [-0.25, -0.2) is 4.79 Å². The summed E-state index contributed by atoms with van der Waals surface area (Å²) >= 11 is 1.70. The smallest absolute Gasteiger partial charge is 0.309 e. The number of urea groups is 1. The predicted molar refractivity (Wildman–Crippen MR) is 80.7 cm³/mol. The Bertz CT molecular complexity index is 486. The number of benzene rings is 1. The highest BCUT2D eigenvalue weighted by Gasteiger charge is 2.49. The lowest BCUT2D eigenvalue weighted by Gasteiger charge is -2.33. The Morgan fingerprint density at radius 2 is 1.80 bits per heavy atom. The van der Waals surface area contributed by atoms with Gasteiger partial charge in [0.25, 0.3) is 5.91 Å². The molecular weight excluding hydrogens is 272 g/mol. The van der Waals surface area contributed by atoms with Crippen LogP contribution in [0.25, 0.3) is 0 Å². The second kappa shape index (κ2) is 6.31. The van der Waals surface area contributed by atoms with Crippen LogP contribution in [0.3, 0.4) is 0 Å². The summed E-state index contributed by atoms with van der Waals surface area (Å²) in [5.41, 5.74) is -0.658. The number of hydrogen-bond donors (Lipinski definition) is 1. The maximum Gasteiger partial charge on any atom is 0.325 e. The highest BCUT2D eigenvalue weighted by atomic mass is 32.2. The predicted octanol–water partition coefficient (Wildman–Crippen LogP) is 2.89. The molecule has 1 aliphatic rings. The summed E-state index contributed by atoms with van der Waals surface area (Å²) in [6.45, 7) is 4.50. The summed E-state index contributed by atoms with van der Waals surface area (Å²) in [5.74, 6) is 0.629. The molecule has 0 spiro atoms. The van der Waals surface area contributed by atoms with Crippen molar-refractivity contribution >= 4 is 23.7 Å². The van der Waals surface area contributed by atoms with Crippen molar-refractivity contribution in [1.29, 1.82) is 0 Å². The van der Waals surface area contributed by atoms with Gasteiger partial charge in [0.2, 0.25) is 0 Å². The minimum Gasteiger partial charge on any atom is -0.309 e. The third-order valence-corrected chi connectivity index (χ3v) is 4.89. The lowest BCUT2D eigenvalue weighted by atomic mass is 9.91. The van der Waals surface area contributed by atoms with Crippen molar-refractivity contribution < 1.29 is 9.59 Å². The van der Waals surface area contributed by atoms with Crippen LogP contribution in [0.2, 0.25) is 0 Å². The summed E-state index contributed by atoms with van der Waals surface area (Å²) in [6.07, 6.45) is 1.30. The van der Waals surface area contributed by atoms with E-state index in [1.54, 1.807) is 16.7 Å². The van der Waals surface area contributed by atoms with E-state index >= 15 is 0 Å². The average Bonchev–Trinajstić information content (AvgIpc) is 2.71. The first-order valence-corrected chi connectivity index (χ1v) is 7.93. The molecule has 1 aliphatic heterocycles. The van der Waals surface area contributed by atoms with Crippen LogP contribution in [-0.2, 0) is 4.79 Å². The molecular formula is C15H20N2O2S. The van der Waals surface area contributed by atoms with Gasteiger partial charge in [-0.3, -0.25) is 10.1 Å². The molecule has 0 aliphatic carbocycles. The topological polar surface area (TPSA) is 49.4 Å². The minimum absolute atomic E-state index is 0.155. The van der Waals surface area contributed by atoms with E-state index in [9.17, 15) is 9.59 Å². The zero-order valence-corrected chi connectivity index (χ0v) is 12.7. The van der Waals surface area contributed by atoms with Crippen LogP contribution in [0.15, 0.2) is 35.2 Å². The second-order valence-electron chi connectivity index (χ2n) is 4.81. The Hall–Kier alpha value is -1.49. The summed E-state index contributed by atoms with van der Waals surface area (Å²) in [4.78, 5) is 26.9. The normalized spacial score (nSPS) is 17.4. The van der Waals surface area contributed by atoms with E-state index in [0.717, 1.165) is 5.75 Å². The third-order valence-electron chi connectivity index (χ3n) is 3.90. The Morgan fingerprint density at radius 3 is 2.40 bits per heavy atom. The molecule has 1 aromatic rings. The van der Waals surface area contributed by atoms with Crippen LogP contribution in [0, 0.1) is 0 Å². The van der Waals surface area contributed by atoms with E-state index in [0.29, 0.717) is 19.4 Å². The van der Waals surface area contributed by atoms with Crippen LogP contribution in [0.4, 0.5) is 4.79 Å². The van der Waals surface area contributed by atoms with E-state index < -0.39 is 5.54 Å². The lowest BCUT2D eigenvalue weighted by Crippen LogP contribution is -2.49. The second-order valence-corrected chi connectivity index (χ2v) is 5.98. The molecule has 2 rings (SSSR count). The first kappa shape index (κ1) is 14.9. The summed E-state index contributed by atoms with van der Waals surface area (Å²) < 4.78 is 0. The maximum absolute atomic E-state index is 12.0. The molecule has 5 heteroatoms. The van der Waals surface area contributed by atoms with Crippen molar-refractivity contribution in [2.24, 2.45) is 0 Å². The molecule has 4 nitrogen and oxygen atoms in total. The number of carbonyl (C=O) groups excluding carboxylic acids is 2. The van der Waals surface area contributed by atoms with Crippen molar-refractivity contribution in [3.8, 4) is 0 Å². The van der Waals surface area contributed by atoms with Gasteiger partial charge in [-0.1, -0.05) is 32.0 Å². The van der Waals surface area contributed by atoms with Crippen LogP contribution >= 0.6 is 11.8 Å². The number of nitrogens with one attached hydrogen (secondary N) is 1. The first-order chi connectivity index (χ1) is 9.64. The van der Waals surface area contributed by atoms with Crippen molar-refractivity contribution in [2.45, 2.75) is 37.1 Å². The number of thioether (sulfide) groups is 1. The quantitative estimate of drug-likeness (QED) is 0.648. The van der Waals surface area contributed by atoms with Crippen LogP contribution in [0.1, 0.15) is 26.7 Å². The molecule has 0 aromatic heterocycles. The van der Waals surface area contributed by atoms with Crippen LogP contribution in [0.5, 0.6) is 0 Å². The molecule has 0 unspecified atom stereocenters. The number of rotatable bonds is 6. The first-order valence-electron chi connectivity index (χ1n) is 6.95. The molecule has 1 saturated heterocycles. The molecule has 1 N–H and O–H groups in total. The molecule has 0 bridgehead atoms. The van der Waals surface area contributed by atoms with Gasteiger partial charge in [-0.05, 0) is 25.0 Å². The van der Waals surface area contributed by atoms with E-state index in [1.165, 1.54) is 4.90 Å². The van der Waals surface area contributed by atoms with E-state index in [1.807, 2.05) is 44.2 Å². The summed E-state index contributed by atoms with van der Waals surface area (Å²) in [5, 5.41) is 2.45. The number of hydrogen-bond acceptors (Lipinski definition) is 3. The fourth-order valence-electron chi connectivity index (χ4n) is 2.64. The SMILES string of the molecule is CCC1(CC)C(=O)NC(=O)N1CCSc1ccccc1. The Morgan fingerprint density at radius 1 is 1.15 bits per heavy atom. The molecule has 1 heterocycles. The van der Waals surface area contributed by atoms with Gasteiger partial charge < -0.3 is 4.90 Å². The molecule has 0 saturated carbocycles. The fraction of sp³-hybridized carbons (Fsp3) is 0.467. The zero-order valence-electron chi connectivity index (χ0n) is 11.9. The summed E-state index contributed by atoms with van der Waals surface area (Å²) in [6, 6.07) is 9.82. The number of carbonyl (C=O) groups is 2. The van der Waals surface area contributed by atoms with Crippen molar-refractivity contribution in [3.05, 3.63) is 30.3 Å². The van der Waals surface area contributed by atoms with Gasteiger partial charge in [0.05, 0.1) is 0 Å². The third kappa shape index (κ3) is 2.68. The van der Waals surface area contributed by atoms with Gasteiger partial charge in [-0.15, -0.1) is 11.8 Å². The van der Waals surface area contributed by atoms with Gasteiger partial charge in [-0.2, -0.15) is 0 Å². The lowest BCUT2D eigenvalue weighted by molar-refractivity contribution is -0.126. The highest BCUT2D eigenvalue weighted by molar-refractivity contribution is 7.99. The molecule has 1 aromatic carbocycles. The minimum atomic E-state index is -0.658. The van der Waals surface area contributed by atoms with E-state index in [4.69, 9.17) is 0 Å². The average molecular weight is 292 g/mol.